The summed E-state index contributed by atoms with van der Waals surface area (Å²) in [5.74, 6) is -0.958. The molecule has 4 nitrogen and oxygen atoms in total. The van der Waals surface area contributed by atoms with E-state index < -0.39 is 11.6 Å². The van der Waals surface area contributed by atoms with Crippen molar-refractivity contribution >= 4 is 0 Å². The van der Waals surface area contributed by atoms with Gasteiger partial charge in [0.1, 0.15) is 5.76 Å². The lowest BCUT2D eigenvalue weighted by Crippen LogP contribution is -2.33. The minimum Gasteiger partial charge on any atom is -0.383 e. The normalized spacial score (nSPS) is 23.4. The number of halogens is 2. The Balaban J connectivity index is 1.86. The summed E-state index contributed by atoms with van der Waals surface area (Å²) >= 11 is 0. The van der Waals surface area contributed by atoms with E-state index in [9.17, 15) is 13.6 Å². The van der Waals surface area contributed by atoms with Crippen LogP contribution in [0.25, 0.3) is 0 Å². The third-order valence-corrected chi connectivity index (χ3v) is 4.14. The quantitative estimate of drug-likeness (QED) is 0.926. The Morgan fingerprint density at radius 1 is 1.29 bits per heavy atom. The molecule has 0 amide bonds. The van der Waals surface area contributed by atoms with Crippen LogP contribution in [0, 0.1) is 11.6 Å². The van der Waals surface area contributed by atoms with Crippen LogP contribution in [0.1, 0.15) is 36.1 Å². The number of aromatic nitrogens is 1. The van der Waals surface area contributed by atoms with Gasteiger partial charge in [-0.25, -0.2) is 8.78 Å². The maximum absolute atomic E-state index is 13.4. The van der Waals surface area contributed by atoms with Gasteiger partial charge in [0.2, 0.25) is 0 Å². The molecule has 1 aliphatic rings. The minimum atomic E-state index is -0.842. The third-order valence-electron chi connectivity index (χ3n) is 4.14. The number of nitrogens with one attached hydrogen (secondary N) is 1. The van der Waals surface area contributed by atoms with Crippen LogP contribution >= 0.6 is 0 Å². The van der Waals surface area contributed by atoms with Crippen molar-refractivity contribution < 1.29 is 13.3 Å². The van der Waals surface area contributed by atoms with E-state index in [-0.39, 0.29) is 17.5 Å². The summed E-state index contributed by atoms with van der Waals surface area (Å²) in [5, 5.41) is 2.29. The molecule has 0 bridgehead atoms. The highest BCUT2D eigenvalue weighted by molar-refractivity contribution is 5.23. The number of benzene rings is 1. The molecule has 0 unspecified atom stereocenters. The zero-order valence-electron chi connectivity index (χ0n) is 11.6. The number of H-pyrrole nitrogens is 1. The molecule has 1 N–H and O–H groups in total. The maximum atomic E-state index is 13.4. The van der Waals surface area contributed by atoms with E-state index in [0.717, 1.165) is 24.6 Å². The molecule has 1 fully saturated rings. The second kappa shape index (κ2) is 5.44. The first-order valence-electron chi connectivity index (χ1n) is 6.88. The molecular formula is C15H16F2N2O2. The highest BCUT2D eigenvalue weighted by atomic mass is 19.2. The van der Waals surface area contributed by atoms with Crippen LogP contribution < -0.4 is 5.56 Å². The molecule has 1 aromatic carbocycles. The predicted octanol–water partition coefficient (Wildman–Crippen LogP) is 2.80. The fraction of sp³-hybridized carbons (Fsp3) is 0.400. The van der Waals surface area contributed by atoms with Crippen LogP contribution in [0.15, 0.2) is 33.6 Å². The summed E-state index contributed by atoms with van der Waals surface area (Å²) in [5.41, 5.74) is 0.479. The molecule has 1 saturated heterocycles. The average Bonchev–Trinajstić information content (AvgIpc) is 2.89. The molecule has 2 aromatic rings. The molecular weight excluding hydrogens is 278 g/mol. The summed E-state index contributed by atoms with van der Waals surface area (Å²) in [4.78, 5) is 13.3. The standard InChI is InChI=1S/C15H16F2N2O2/c1-19-5-4-10(14-8-15(20)18-21-14)7-13(19)9-2-3-11(16)12(17)6-9/h2-3,6,8,10,13H,4-5,7H2,1H3,(H,18,20)/t10-,13+/m1/s1. The SMILES string of the molecule is CN1CC[C@@H](c2cc(=O)[nH]o2)C[C@H]1c1ccc(F)c(F)c1. The van der Waals surface area contributed by atoms with Gasteiger partial charge in [-0.1, -0.05) is 6.07 Å². The molecule has 1 aliphatic heterocycles. The van der Waals surface area contributed by atoms with Crippen molar-refractivity contribution in [1.29, 1.82) is 0 Å². The third kappa shape index (κ3) is 2.76. The fourth-order valence-corrected chi connectivity index (χ4v) is 2.95. The Morgan fingerprint density at radius 2 is 2.10 bits per heavy atom. The molecule has 0 aliphatic carbocycles. The van der Waals surface area contributed by atoms with Gasteiger partial charge in [0.25, 0.3) is 5.56 Å². The first-order valence-corrected chi connectivity index (χ1v) is 6.88. The van der Waals surface area contributed by atoms with E-state index >= 15 is 0 Å². The van der Waals surface area contributed by atoms with Crippen molar-refractivity contribution in [2.24, 2.45) is 0 Å². The lowest BCUT2D eigenvalue weighted by molar-refractivity contribution is 0.157. The van der Waals surface area contributed by atoms with Crippen LogP contribution in [-0.2, 0) is 0 Å². The molecule has 0 saturated carbocycles. The van der Waals surface area contributed by atoms with Crippen LogP contribution in [0.3, 0.4) is 0 Å². The van der Waals surface area contributed by atoms with Crippen LogP contribution in [0.5, 0.6) is 0 Å². The molecule has 3 rings (SSSR count). The first kappa shape index (κ1) is 14.0. The summed E-state index contributed by atoms with van der Waals surface area (Å²) in [7, 11) is 1.95. The molecule has 1 aromatic heterocycles. The first-order chi connectivity index (χ1) is 10.0. The van der Waals surface area contributed by atoms with E-state index in [4.69, 9.17) is 4.52 Å². The van der Waals surface area contributed by atoms with Gasteiger partial charge in [0.15, 0.2) is 11.6 Å². The van der Waals surface area contributed by atoms with Crippen molar-refractivity contribution in [3.63, 3.8) is 0 Å². The lowest BCUT2D eigenvalue weighted by Gasteiger charge is -2.36. The van der Waals surface area contributed by atoms with Gasteiger partial charge < -0.3 is 4.52 Å². The van der Waals surface area contributed by atoms with E-state index in [1.807, 2.05) is 7.05 Å². The Hall–Kier alpha value is -1.95. The summed E-state index contributed by atoms with van der Waals surface area (Å²) < 4.78 is 31.7. The molecule has 2 atom stereocenters. The number of hydrogen-bond acceptors (Lipinski definition) is 3. The van der Waals surface area contributed by atoms with Gasteiger partial charge in [-0.3, -0.25) is 9.69 Å². The number of aromatic amines is 1. The van der Waals surface area contributed by atoms with Crippen molar-refractivity contribution in [2.75, 3.05) is 13.6 Å². The van der Waals surface area contributed by atoms with Gasteiger partial charge in [-0.2, -0.15) is 5.16 Å². The van der Waals surface area contributed by atoms with Crippen LogP contribution in [0.4, 0.5) is 8.78 Å². The summed E-state index contributed by atoms with van der Waals surface area (Å²) in [6.45, 7) is 0.795. The monoisotopic (exact) mass is 294 g/mol. The van der Waals surface area contributed by atoms with Gasteiger partial charge in [-0.15, -0.1) is 0 Å². The Bertz CT molecular complexity index is 695. The van der Waals surface area contributed by atoms with Crippen molar-refractivity contribution in [1.82, 2.24) is 10.1 Å². The predicted molar refractivity (Wildman–Crippen MR) is 73.0 cm³/mol. The van der Waals surface area contributed by atoms with Crippen LogP contribution in [0.2, 0.25) is 0 Å². The number of rotatable bonds is 2. The Labute approximate surface area is 120 Å². The zero-order chi connectivity index (χ0) is 15.0. The largest absolute Gasteiger partial charge is 0.383 e. The zero-order valence-corrected chi connectivity index (χ0v) is 11.6. The summed E-state index contributed by atoms with van der Waals surface area (Å²) in [6.07, 6.45) is 1.56. The van der Waals surface area contributed by atoms with Crippen molar-refractivity contribution in [2.45, 2.75) is 24.8 Å². The highest BCUT2D eigenvalue weighted by Crippen LogP contribution is 2.38. The number of nitrogens with zero attached hydrogens (tertiary/aromatic N) is 1. The molecule has 2 heterocycles. The smallest absolute Gasteiger partial charge is 0.280 e. The summed E-state index contributed by atoms with van der Waals surface area (Å²) in [6, 6.07) is 5.43. The van der Waals surface area contributed by atoms with Crippen molar-refractivity contribution in [3.05, 3.63) is 57.6 Å². The number of likely N-dealkylation sites (tertiary alicyclic amines) is 1. The van der Waals surface area contributed by atoms with E-state index in [1.165, 1.54) is 12.1 Å². The van der Waals surface area contributed by atoms with E-state index in [0.29, 0.717) is 12.2 Å². The van der Waals surface area contributed by atoms with E-state index in [2.05, 4.69) is 10.1 Å². The second-order valence-electron chi connectivity index (χ2n) is 5.51. The average molecular weight is 294 g/mol. The lowest BCUT2D eigenvalue weighted by atomic mass is 9.86. The molecule has 21 heavy (non-hydrogen) atoms. The van der Waals surface area contributed by atoms with Gasteiger partial charge in [0.05, 0.1) is 0 Å². The van der Waals surface area contributed by atoms with Crippen molar-refractivity contribution in [3.8, 4) is 0 Å². The second-order valence-corrected chi connectivity index (χ2v) is 5.51. The molecule has 0 spiro atoms. The Morgan fingerprint density at radius 3 is 2.76 bits per heavy atom. The van der Waals surface area contributed by atoms with Gasteiger partial charge >= 0.3 is 0 Å². The minimum absolute atomic E-state index is 0.0287. The molecule has 112 valence electrons. The fourth-order valence-electron chi connectivity index (χ4n) is 2.95. The highest BCUT2D eigenvalue weighted by Gasteiger charge is 2.30. The Kier molecular flexibility index (Phi) is 3.63. The number of hydrogen-bond donors (Lipinski definition) is 1. The maximum Gasteiger partial charge on any atom is 0.280 e. The van der Waals surface area contributed by atoms with E-state index in [1.54, 1.807) is 6.07 Å². The van der Waals surface area contributed by atoms with Gasteiger partial charge in [-0.05, 0) is 44.1 Å². The molecule has 0 radical (unpaired) electrons. The van der Waals surface area contributed by atoms with Gasteiger partial charge in [0, 0.05) is 18.0 Å². The van der Waals surface area contributed by atoms with Crippen LogP contribution in [-0.4, -0.2) is 23.6 Å². The molecule has 6 heteroatoms. The topological polar surface area (TPSA) is 49.2 Å². The number of piperidine rings is 1.